The van der Waals surface area contributed by atoms with Gasteiger partial charge in [0.05, 0.1) is 12.2 Å². The first kappa shape index (κ1) is 14.1. The van der Waals surface area contributed by atoms with Crippen molar-refractivity contribution in [2.45, 2.75) is 39.3 Å². The lowest BCUT2D eigenvalue weighted by molar-refractivity contribution is 0.202. The molecule has 0 amide bonds. The van der Waals surface area contributed by atoms with Gasteiger partial charge in [0, 0.05) is 17.7 Å². The summed E-state index contributed by atoms with van der Waals surface area (Å²) in [4.78, 5) is 0. The lowest BCUT2D eigenvalue weighted by Crippen LogP contribution is -2.22. The average molecular weight is 289 g/mol. The van der Waals surface area contributed by atoms with Gasteiger partial charge in [0.25, 0.3) is 0 Å². The number of hydrogen-bond donors (Lipinski definition) is 1. The topological polar surface area (TPSA) is 53.1 Å². The summed E-state index contributed by atoms with van der Waals surface area (Å²) < 4.78 is 21.1. The number of halogens is 1. The molecule has 1 aromatic heterocycles. The van der Waals surface area contributed by atoms with Gasteiger partial charge in [0.15, 0.2) is 0 Å². The third kappa shape index (κ3) is 2.65. The summed E-state index contributed by atoms with van der Waals surface area (Å²) in [6.45, 7) is 5.37. The van der Waals surface area contributed by atoms with Crippen LogP contribution in [-0.2, 0) is 19.4 Å². The van der Waals surface area contributed by atoms with Gasteiger partial charge in [-0.05, 0) is 50.6 Å². The van der Waals surface area contributed by atoms with Crippen LogP contribution in [0, 0.1) is 19.7 Å². The Balaban J connectivity index is 1.76. The molecular formula is C16H20FN3O. The number of nitrogens with two attached hydrogens (primary N) is 1. The fourth-order valence-electron chi connectivity index (χ4n) is 3.00. The van der Waals surface area contributed by atoms with E-state index in [0.717, 1.165) is 35.5 Å². The van der Waals surface area contributed by atoms with E-state index in [-0.39, 0.29) is 11.9 Å². The maximum absolute atomic E-state index is 13.2. The zero-order chi connectivity index (χ0) is 15.0. The molecule has 0 spiro atoms. The van der Waals surface area contributed by atoms with Gasteiger partial charge in [-0.25, -0.2) is 4.39 Å². The average Bonchev–Trinajstić information content (AvgIpc) is 2.94. The van der Waals surface area contributed by atoms with Gasteiger partial charge in [0.2, 0.25) is 0 Å². The molecular weight excluding hydrogens is 269 g/mol. The first-order chi connectivity index (χ1) is 10.1. The number of hydrogen-bond acceptors (Lipinski definition) is 3. The number of ether oxygens (including phenoxy) is 1. The van der Waals surface area contributed by atoms with Crippen molar-refractivity contribution in [3.8, 4) is 5.75 Å². The Bertz CT molecular complexity index is 666. The first-order valence-corrected chi connectivity index (χ1v) is 7.26. The minimum absolute atomic E-state index is 0.00512. The molecule has 1 unspecified atom stereocenters. The maximum Gasteiger partial charge on any atom is 0.123 e. The van der Waals surface area contributed by atoms with Gasteiger partial charge in [-0.15, -0.1) is 0 Å². The van der Waals surface area contributed by atoms with E-state index in [2.05, 4.69) is 12.0 Å². The molecule has 0 saturated carbocycles. The summed E-state index contributed by atoms with van der Waals surface area (Å²) in [6, 6.07) is 4.69. The van der Waals surface area contributed by atoms with E-state index in [4.69, 9.17) is 10.5 Å². The molecule has 2 N–H and O–H groups in total. The van der Waals surface area contributed by atoms with Crippen LogP contribution in [0.2, 0.25) is 0 Å². The van der Waals surface area contributed by atoms with Crippen molar-refractivity contribution in [2.75, 3.05) is 6.54 Å². The summed E-state index contributed by atoms with van der Waals surface area (Å²) in [7, 11) is 0. The van der Waals surface area contributed by atoms with Crippen molar-refractivity contribution in [3.05, 3.63) is 46.5 Å². The second-order valence-electron chi connectivity index (χ2n) is 5.57. The zero-order valence-corrected chi connectivity index (χ0v) is 12.4. The second kappa shape index (κ2) is 5.48. The molecule has 0 radical (unpaired) electrons. The van der Waals surface area contributed by atoms with E-state index in [1.807, 2.05) is 11.6 Å². The predicted molar refractivity (Wildman–Crippen MR) is 79.0 cm³/mol. The van der Waals surface area contributed by atoms with Crippen LogP contribution in [0.5, 0.6) is 5.75 Å². The van der Waals surface area contributed by atoms with E-state index in [0.29, 0.717) is 13.1 Å². The monoisotopic (exact) mass is 289 g/mol. The number of nitrogens with zero attached hydrogens (tertiary/aromatic N) is 2. The van der Waals surface area contributed by atoms with Gasteiger partial charge in [0.1, 0.15) is 17.7 Å². The molecule has 5 heteroatoms. The zero-order valence-electron chi connectivity index (χ0n) is 12.4. The molecule has 2 aromatic rings. The van der Waals surface area contributed by atoms with E-state index in [9.17, 15) is 4.39 Å². The third-order valence-electron chi connectivity index (χ3n) is 4.07. The van der Waals surface area contributed by atoms with Crippen molar-refractivity contribution in [3.63, 3.8) is 0 Å². The quantitative estimate of drug-likeness (QED) is 0.938. The van der Waals surface area contributed by atoms with Crippen LogP contribution in [0.25, 0.3) is 0 Å². The normalized spacial score (nSPS) is 16.9. The minimum Gasteiger partial charge on any atom is -0.488 e. The number of fused-ring (bicyclic) bond motifs is 1. The number of aryl methyl sites for hydroxylation is 1. The van der Waals surface area contributed by atoms with Crippen LogP contribution in [0.1, 0.15) is 22.5 Å². The lowest BCUT2D eigenvalue weighted by atomic mass is 10.1. The Morgan fingerprint density at radius 3 is 3.00 bits per heavy atom. The first-order valence-electron chi connectivity index (χ1n) is 7.26. The molecule has 112 valence electrons. The van der Waals surface area contributed by atoms with Crippen molar-refractivity contribution < 1.29 is 9.13 Å². The Morgan fingerprint density at radius 1 is 1.43 bits per heavy atom. The summed E-state index contributed by atoms with van der Waals surface area (Å²) in [5, 5.41) is 4.58. The number of benzene rings is 1. The Kier molecular flexibility index (Phi) is 3.68. The van der Waals surface area contributed by atoms with Crippen LogP contribution >= 0.6 is 0 Å². The highest BCUT2D eigenvalue weighted by molar-refractivity contribution is 5.38. The van der Waals surface area contributed by atoms with E-state index >= 15 is 0 Å². The maximum atomic E-state index is 13.2. The summed E-state index contributed by atoms with van der Waals surface area (Å²) in [5.41, 5.74) is 9.97. The highest BCUT2D eigenvalue weighted by Crippen LogP contribution is 2.30. The van der Waals surface area contributed by atoms with E-state index in [1.54, 1.807) is 12.1 Å². The SMILES string of the molecule is Cc1nn(CC2Cc3cc(F)ccc3O2)c(C)c1CCN. The van der Waals surface area contributed by atoms with Gasteiger partial charge in [-0.2, -0.15) is 5.10 Å². The third-order valence-corrected chi connectivity index (χ3v) is 4.07. The summed E-state index contributed by atoms with van der Waals surface area (Å²) >= 11 is 0. The minimum atomic E-state index is -0.214. The molecule has 1 aliphatic rings. The molecule has 1 atom stereocenters. The molecule has 2 heterocycles. The van der Waals surface area contributed by atoms with Crippen molar-refractivity contribution >= 4 is 0 Å². The van der Waals surface area contributed by atoms with Crippen molar-refractivity contribution in [1.29, 1.82) is 0 Å². The van der Waals surface area contributed by atoms with E-state index < -0.39 is 0 Å². The lowest BCUT2D eigenvalue weighted by Gasteiger charge is -2.12. The number of rotatable bonds is 4. The molecule has 0 fully saturated rings. The van der Waals surface area contributed by atoms with Crippen LogP contribution in [0.15, 0.2) is 18.2 Å². The summed E-state index contributed by atoms with van der Waals surface area (Å²) in [6.07, 6.45) is 1.57. The van der Waals surface area contributed by atoms with Gasteiger partial charge in [-0.1, -0.05) is 0 Å². The molecule has 21 heavy (non-hydrogen) atoms. The van der Waals surface area contributed by atoms with Gasteiger partial charge in [-0.3, -0.25) is 4.68 Å². The fourth-order valence-corrected chi connectivity index (χ4v) is 3.00. The molecule has 0 aliphatic carbocycles. The molecule has 4 nitrogen and oxygen atoms in total. The van der Waals surface area contributed by atoms with Crippen molar-refractivity contribution in [2.24, 2.45) is 5.73 Å². The Morgan fingerprint density at radius 2 is 2.24 bits per heavy atom. The highest BCUT2D eigenvalue weighted by atomic mass is 19.1. The fraction of sp³-hybridized carbons (Fsp3) is 0.438. The second-order valence-corrected chi connectivity index (χ2v) is 5.57. The van der Waals surface area contributed by atoms with Crippen LogP contribution in [0.4, 0.5) is 4.39 Å². The Hall–Kier alpha value is -1.88. The molecule has 1 aromatic carbocycles. The van der Waals surface area contributed by atoms with E-state index in [1.165, 1.54) is 11.6 Å². The smallest absolute Gasteiger partial charge is 0.123 e. The largest absolute Gasteiger partial charge is 0.488 e. The molecule has 0 bridgehead atoms. The van der Waals surface area contributed by atoms with Crippen LogP contribution < -0.4 is 10.5 Å². The summed E-state index contributed by atoms with van der Waals surface area (Å²) in [5.74, 6) is 0.569. The Labute approximate surface area is 123 Å². The van der Waals surface area contributed by atoms with Gasteiger partial charge >= 0.3 is 0 Å². The predicted octanol–water partition coefficient (Wildman–Crippen LogP) is 2.14. The van der Waals surface area contributed by atoms with Crippen LogP contribution in [0.3, 0.4) is 0 Å². The van der Waals surface area contributed by atoms with Gasteiger partial charge < -0.3 is 10.5 Å². The van der Waals surface area contributed by atoms with Crippen LogP contribution in [-0.4, -0.2) is 22.4 Å². The number of aromatic nitrogens is 2. The van der Waals surface area contributed by atoms with Crippen molar-refractivity contribution in [1.82, 2.24) is 9.78 Å². The standard InChI is InChI=1S/C16H20FN3O/c1-10-15(5-6-18)11(2)20(19-10)9-14-8-12-7-13(17)3-4-16(12)21-14/h3-4,7,14H,5-6,8-9,18H2,1-2H3. The molecule has 1 aliphatic heterocycles. The molecule has 0 saturated heterocycles. The highest BCUT2D eigenvalue weighted by Gasteiger charge is 2.25. The molecule has 3 rings (SSSR count).